The van der Waals surface area contributed by atoms with E-state index in [0.29, 0.717) is 13.0 Å². The molecule has 2 atom stereocenters. The lowest BCUT2D eigenvalue weighted by molar-refractivity contribution is -0.141. The smallest absolute Gasteiger partial charge is 0.410 e. The standard InChI is InChI=1S/C27H26N2O5/c30-26(31)25-14-19(33-13-11-18-6-5-12-28-15-18)16-29(25)27(32)34-17-24-22-9-3-1-7-20(22)21-8-2-4-10-23(21)24/h1-10,12,15,19,24-25H,11,13-14,16-17H2,(H,30,31)/t19-,25+/m0/s1. The molecule has 7 nitrogen and oxygen atoms in total. The molecule has 2 aromatic carbocycles. The molecule has 34 heavy (non-hydrogen) atoms. The summed E-state index contributed by atoms with van der Waals surface area (Å²) in [5.74, 6) is -1.12. The van der Waals surface area contributed by atoms with Crippen molar-refractivity contribution in [1.82, 2.24) is 9.88 Å². The minimum atomic E-state index is -1.05. The zero-order valence-corrected chi connectivity index (χ0v) is 18.7. The second-order valence-corrected chi connectivity index (χ2v) is 8.65. The van der Waals surface area contributed by atoms with E-state index in [1.165, 1.54) is 4.90 Å². The molecule has 5 rings (SSSR count). The summed E-state index contributed by atoms with van der Waals surface area (Å²) in [5, 5.41) is 9.68. The van der Waals surface area contributed by atoms with Crippen molar-refractivity contribution in [1.29, 1.82) is 0 Å². The van der Waals surface area contributed by atoms with Crippen LogP contribution in [0, 0.1) is 0 Å². The lowest BCUT2D eigenvalue weighted by Crippen LogP contribution is -2.41. The van der Waals surface area contributed by atoms with E-state index in [0.717, 1.165) is 27.8 Å². The summed E-state index contributed by atoms with van der Waals surface area (Å²) < 4.78 is 11.6. The van der Waals surface area contributed by atoms with E-state index in [9.17, 15) is 14.7 Å². The first kappa shape index (κ1) is 22.1. The molecular formula is C27H26N2O5. The van der Waals surface area contributed by atoms with E-state index in [2.05, 4.69) is 29.2 Å². The van der Waals surface area contributed by atoms with Gasteiger partial charge in [0, 0.05) is 24.7 Å². The number of fused-ring (bicyclic) bond motifs is 3. The van der Waals surface area contributed by atoms with Gasteiger partial charge in [-0.05, 0) is 40.3 Å². The van der Waals surface area contributed by atoms with Crippen LogP contribution in [0.3, 0.4) is 0 Å². The molecule has 1 aliphatic heterocycles. The van der Waals surface area contributed by atoms with Crippen molar-refractivity contribution in [3.63, 3.8) is 0 Å². The van der Waals surface area contributed by atoms with Crippen LogP contribution in [-0.2, 0) is 20.7 Å². The van der Waals surface area contributed by atoms with Crippen molar-refractivity contribution < 1.29 is 24.2 Å². The molecule has 2 aliphatic rings. The maximum atomic E-state index is 13.0. The number of carboxylic acid groups (broad SMARTS) is 1. The predicted octanol–water partition coefficient (Wildman–Crippen LogP) is 4.12. The Balaban J connectivity index is 1.22. The fraction of sp³-hybridized carbons (Fsp3) is 0.296. The molecule has 0 bridgehead atoms. The predicted molar refractivity (Wildman–Crippen MR) is 125 cm³/mol. The van der Waals surface area contributed by atoms with Gasteiger partial charge in [0.1, 0.15) is 12.6 Å². The topological polar surface area (TPSA) is 89.0 Å². The largest absolute Gasteiger partial charge is 0.480 e. The highest BCUT2D eigenvalue weighted by Gasteiger charge is 2.41. The number of rotatable bonds is 7. The van der Waals surface area contributed by atoms with Crippen LogP contribution in [0.15, 0.2) is 73.1 Å². The number of amides is 1. The molecule has 0 spiro atoms. The summed E-state index contributed by atoms with van der Waals surface area (Å²) in [5.41, 5.74) is 5.56. The average Bonchev–Trinajstić information content (AvgIpc) is 3.43. The van der Waals surface area contributed by atoms with Gasteiger partial charge < -0.3 is 14.6 Å². The molecule has 3 aromatic rings. The Morgan fingerprint density at radius 3 is 2.35 bits per heavy atom. The van der Waals surface area contributed by atoms with Gasteiger partial charge in [0.05, 0.1) is 19.3 Å². The van der Waals surface area contributed by atoms with Crippen LogP contribution < -0.4 is 0 Å². The van der Waals surface area contributed by atoms with Crippen molar-refractivity contribution in [3.8, 4) is 11.1 Å². The van der Waals surface area contributed by atoms with Crippen LogP contribution in [0.5, 0.6) is 0 Å². The number of pyridine rings is 1. The van der Waals surface area contributed by atoms with Crippen LogP contribution in [0.25, 0.3) is 11.1 Å². The first-order chi connectivity index (χ1) is 16.6. The number of hydrogen-bond donors (Lipinski definition) is 1. The Bertz CT molecular complexity index is 1140. The fourth-order valence-corrected chi connectivity index (χ4v) is 4.92. The summed E-state index contributed by atoms with van der Waals surface area (Å²) in [4.78, 5) is 30.2. The van der Waals surface area contributed by atoms with E-state index < -0.39 is 18.1 Å². The Hall–Kier alpha value is -3.71. The molecule has 1 saturated heterocycles. The van der Waals surface area contributed by atoms with Crippen molar-refractivity contribution in [2.45, 2.75) is 30.9 Å². The molecule has 7 heteroatoms. The Labute approximate surface area is 198 Å². The first-order valence-electron chi connectivity index (χ1n) is 11.5. The summed E-state index contributed by atoms with van der Waals surface area (Å²) in [6.45, 7) is 0.782. The maximum Gasteiger partial charge on any atom is 0.410 e. The summed E-state index contributed by atoms with van der Waals surface area (Å²) in [7, 11) is 0. The Morgan fingerprint density at radius 2 is 1.71 bits per heavy atom. The third-order valence-corrected chi connectivity index (χ3v) is 6.59. The van der Waals surface area contributed by atoms with E-state index >= 15 is 0 Å². The Kier molecular flexibility index (Phi) is 6.27. The number of nitrogens with zero attached hydrogens (tertiary/aromatic N) is 2. The van der Waals surface area contributed by atoms with Crippen LogP contribution >= 0.6 is 0 Å². The number of carbonyl (C=O) groups is 2. The molecule has 1 aliphatic carbocycles. The quantitative estimate of drug-likeness (QED) is 0.573. The van der Waals surface area contributed by atoms with Crippen molar-refractivity contribution >= 4 is 12.1 Å². The van der Waals surface area contributed by atoms with Crippen molar-refractivity contribution in [2.24, 2.45) is 0 Å². The highest BCUT2D eigenvalue weighted by molar-refractivity contribution is 5.81. The minimum absolute atomic E-state index is 0.0752. The highest BCUT2D eigenvalue weighted by Crippen LogP contribution is 2.44. The van der Waals surface area contributed by atoms with E-state index in [4.69, 9.17) is 9.47 Å². The molecule has 1 aromatic heterocycles. The third kappa shape index (κ3) is 4.39. The SMILES string of the molecule is O=C(O)[C@H]1C[C@H](OCCc2cccnc2)CN1C(=O)OCC1c2ccccc2-c2ccccc21. The zero-order valence-electron chi connectivity index (χ0n) is 18.7. The minimum Gasteiger partial charge on any atom is -0.480 e. The van der Waals surface area contributed by atoms with Crippen LogP contribution in [0.1, 0.15) is 29.0 Å². The molecule has 0 unspecified atom stereocenters. The maximum absolute atomic E-state index is 13.0. The van der Waals surface area contributed by atoms with Gasteiger partial charge in [-0.3, -0.25) is 9.88 Å². The van der Waals surface area contributed by atoms with Crippen LogP contribution in [-0.4, -0.2) is 59.0 Å². The molecule has 1 N–H and O–H groups in total. The summed E-state index contributed by atoms with van der Waals surface area (Å²) in [6, 6.07) is 19.1. The van der Waals surface area contributed by atoms with Gasteiger partial charge in [0.15, 0.2) is 0 Å². The number of carboxylic acids is 1. The lowest BCUT2D eigenvalue weighted by atomic mass is 9.98. The van der Waals surface area contributed by atoms with Gasteiger partial charge >= 0.3 is 12.1 Å². The zero-order chi connectivity index (χ0) is 23.5. The molecule has 0 radical (unpaired) electrons. The summed E-state index contributed by atoms with van der Waals surface area (Å²) in [6.07, 6.45) is 3.44. The molecule has 0 saturated carbocycles. The van der Waals surface area contributed by atoms with Crippen molar-refractivity contribution in [2.75, 3.05) is 19.8 Å². The van der Waals surface area contributed by atoms with E-state index in [1.54, 1.807) is 12.4 Å². The normalized spacial score (nSPS) is 19.0. The number of ether oxygens (including phenoxy) is 2. The number of aromatic nitrogens is 1. The molecule has 174 valence electrons. The number of carbonyl (C=O) groups excluding carboxylic acids is 1. The van der Waals surface area contributed by atoms with Gasteiger partial charge in [0.2, 0.25) is 0 Å². The number of benzene rings is 2. The van der Waals surface area contributed by atoms with Crippen LogP contribution in [0.4, 0.5) is 4.79 Å². The van der Waals surface area contributed by atoms with Gasteiger partial charge in [-0.2, -0.15) is 0 Å². The van der Waals surface area contributed by atoms with E-state index in [1.807, 2.05) is 36.4 Å². The number of likely N-dealkylation sites (tertiary alicyclic amines) is 1. The fourth-order valence-electron chi connectivity index (χ4n) is 4.92. The first-order valence-corrected chi connectivity index (χ1v) is 11.5. The molecular weight excluding hydrogens is 432 g/mol. The summed E-state index contributed by atoms with van der Waals surface area (Å²) >= 11 is 0. The van der Waals surface area contributed by atoms with Gasteiger partial charge in [-0.25, -0.2) is 9.59 Å². The third-order valence-electron chi connectivity index (χ3n) is 6.59. The second kappa shape index (κ2) is 9.65. The average molecular weight is 459 g/mol. The van der Waals surface area contributed by atoms with Gasteiger partial charge in [0.25, 0.3) is 0 Å². The van der Waals surface area contributed by atoms with E-state index in [-0.39, 0.29) is 31.6 Å². The highest BCUT2D eigenvalue weighted by atomic mass is 16.6. The molecule has 1 amide bonds. The molecule has 1 fully saturated rings. The van der Waals surface area contributed by atoms with Crippen LogP contribution in [0.2, 0.25) is 0 Å². The van der Waals surface area contributed by atoms with Crippen molar-refractivity contribution in [3.05, 3.63) is 89.7 Å². The van der Waals surface area contributed by atoms with Gasteiger partial charge in [-0.15, -0.1) is 0 Å². The Morgan fingerprint density at radius 1 is 1.00 bits per heavy atom. The number of aliphatic carboxylic acids is 1. The van der Waals surface area contributed by atoms with Gasteiger partial charge in [-0.1, -0.05) is 54.6 Å². The second-order valence-electron chi connectivity index (χ2n) is 8.65. The number of hydrogen-bond acceptors (Lipinski definition) is 5. The molecule has 2 heterocycles. The monoisotopic (exact) mass is 458 g/mol. The lowest BCUT2D eigenvalue weighted by Gasteiger charge is -2.22.